The number of nitrogens with zero attached hydrogens (tertiary/aromatic N) is 4. The second-order valence-electron chi connectivity index (χ2n) is 9.54. The highest BCUT2D eigenvalue weighted by molar-refractivity contribution is 5.81. The minimum atomic E-state index is -1.51. The number of rotatable bonds is 6. The predicted octanol–water partition coefficient (Wildman–Crippen LogP) is 2.67. The zero-order valence-electron chi connectivity index (χ0n) is 19.3. The molecule has 0 aromatic carbocycles. The van der Waals surface area contributed by atoms with Crippen LogP contribution in [0.5, 0.6) is 0 Å². The van der Waals surface area contributed by atoms with Gasteiger partial charge < -0.3 is 19.9 Å². The highest BCUT2D eigenvalue weighted by atomic mass is 19.1. The lowest BCUT2D eigenvalue weighted by atomic mass is 9.97. The Bertz CT molecular complexity index is 1170. The van der Waals surface area contributed by atoms with Gasteiger partial charge in [-0.3, -0.25) is 14.2 Å². The maximum Gasteiger partial charge on any atom is 0.312 e. The van der Waals surface area contributed by atoms with E-state index in [1.165, 1.54) is 10.9 Å². The summed E-state index contributed by atoms with van der Waals surface area (Å²) in [5.74, 6) is 1.45. The van der Waals surface area contributed by atoms with Crippen LogP contribution in [0.3, 0.4) is 0 Å². The van der Waals surface area contributed by atoms with Gasteiger partial charge in [-0.15, -0.1) is 6.42 Å². The number of fused-ring (bicyclic) bond motifs is 1. The van der Waals surface area contributed by atoms with Crippen molar-refractivity contribution >= 4 is 28.9 Å². The highest BCUT2D eigenvalue weighted by Gasteiger charge is 2.53. The summed E-state index contributed by atoms with van der Waals surface area (Å²) in [5.41, 5.74) is 4.60. The average Bonchev–Trinajstić information content (AvgIpc) is 3.64. The van der Waals surface area contributed by atoms with Crippen molar-refractivity contribution in [1.82, 2.24) is 19.5 Å². The zero-order chi connectivity index (χ0) is 24.6. The third-order valence-electron chi connectivity index (χ3n) is 7.32. The van der Waals surface area contributed by atoms with E-state index in [4.69, 9.17) is 26.4 Å². The standard InChI is InChI=1S/C24H28FN5O5/c1-2-24(12-33-21(31)14-7-3-4-8-14)16(34-22(32)15-9-5-6-10-15)11-17(35-24)30-13-27-18-19(26)28-23(25)29-20(18)30/h1,13-17H,3-12H2,(H2,26,28,29)/t16-,17+,24+/m0/s1. The van der Waals surface area contributed by atoms with Crippen molar-refractivity contribution in [3.8, 4) is 12.3 Å². The van der Waals surface area contributed by atoms with Gasteiger partial charge in [-0.05, 0) is 25.7 Å². The van der Waals surface area contributed by atoms with Crippen LogP contribution in [0.25, 0.3) is 11.2 Å². The number of carbonyl (C=O) groups excluding carboxylic acids is 2. The van der Waals surface area contributed by atoms with Gasteiger partial charge in [-0.25, -0.2) is 4.98 Å². The molecule has 3 heterocycles. The van der Waals surface area contributed by atoms with Crippen LogP contribution in [-0.2, 0) is 23.8 Å². The highest BCUT2D eigenvalue weighted by Crippen LogP contribution is 2.41. The molecule has 0 bridgehead atoms. The Hall–Kier alpha value is -3.26. The second kappa shape index (κ2) is 9.41. The van der Waals surface area contributed by atoms with Gasteiger partial charge in [0.2, 0.25) is 5.60 Å². The Kier molecular flexibility index (Phi) is 6.32. The summed E-state index contributed by atoms with van der Waals surface area (Å²) in [4.78, 5) is 37.0. The molecule has 3 atom stereocenters. The first-order valence-electron chi connectivity index (χ1n) is 12.1. The van der Waals surface area contributed by atoms with Gasteiger partial charge >= 0.3 is 18.0 Å². The monoisotopic (exact) mass is 485 g/mol. The van der Waals surface area contributed by atoms with Crippen LogP contribution in [-0.4, -0.2) is 49.8 Å². The number of carbonyl (C=O) groups is 2. The van der Waals surface area contributed by atoms with Crippen molar-refractivity contribution in [2.75, 3.05) is 12.3 Å². The summed E-state index contributed by atoms with van der Waals surface area (Å²) in [6.45, 7) is -0.268. The van der Waals surface area contributed by atoms with E-state index in [0.29, 0.717) is 0 Å². The van der Waals surface area contributed by atoms with E-state index in [-0.39, 0.29) is 53.8 Å². The van der Waals surface area contributed by atoms with Gasteiger partial charge in [0.25, 0.3) is 0 Å². The molecular formula is C24H28FN5O5. The van der Waals surface area contributed by atoms with Crippen molar-refractivity contribution in [3.05, 3.63) is 12.4 Å². The summed E-state index contributed by atoms with van der Waals surface area (Å²) in [5, 5.41) is 0. The quantitative estimate of drug-likeness (QED) is 0.373. The van der Waals surface area contributed by atoms with E-state index in [2.05, 4.69) is 20.9 Å². The van der Waals surface area contributed by atoms with Gasteiger partial charge in [0.1, 0.15) is 18.9 Å². The minimum absolute atomic E-state index is 0.109. The van der Waals surface area contributed by atoms with Crippen molar-refractivity contribution < 1.29 is 28.2 Å². The molecule has 2 aliphatic carbocycles. The predicted molar refractivity (Wildman–Crippen MR) is 121 cm³/mol. The molecule has 1 aliphatic heterocycles. The Balaban J connectivity index is 1.42. The van der Waals surface area contributed by atoms with E-state index in [1.54, 1.807) is 0 Å². The molecule has 2 saturated carbocycles. The van der Waals surface area contributed by atoms with Crippen molar-refractivity contribution in [2.24, 2.45) is 11.8 Å². The first-order valence-corrected chi connectivity index (χ1v) is 12.1. The molecule has 5 rings (SSSR count). The molecule has 186 valence electrons. The van der Waals surface area contributed by atoms with Crippen LogP contribution >= 0.6 is 0 Å². The molecule has 3 aliphatic rings. The SMILES string of the molecule is C#C[C@]1(COC(=O)C2CCCC2)O[C@@H](n2cnc3c(N)nc(F)nc32)C[C@@H]1OC(=O)C1CCCC1. The fourth-order valence-electron chi connectivity index (χ4n) is 5.33. The normalized spacial score (nSPS) is 27.3. The summed E-state index contributed by atoms with van der Waals surface area (Å²) in [7, 11) is 0. The molecule has 11 heteroatoms. The van der Waals surface area contributed by atoms with Crippen molar-refractivity contribution in [3.63, 3.8) is 0 Å². The first kappa shape index (κ1) is 23.5. The van der Waals surface area contributed by atoms with Crippen molar-refractivity contribution in [2.45, 2.75) is 75.7 Å². The van der Waals surface area contributed by atoms with Gasteiger partial charge in [0.05, 0.1) is 18.2 Å². The third kappa shape index (κ3) is 4.43. The molecule has 1 saturated heterocycles. The molecule has 35 heavy (non-hydrogen) atoms. The number of nitrogen functional groups attached to an aromatic ring is 1. The lowest BCUT2D eigenvalue weighted by Gasteiger charge is -2.29. The number of esters is 2. The second-order valence-corrected chi connectivity index (χ2v) is 9.54. The largest absolute Gasteiger partial charge is 0.461 e. The fourth-order valence-corrected chi connectivity index (χ4v) is 5.33. The Morgan fingerprint density at radius 2 is 1.83 bits per heavy atom. The number of aromatic nitrogens is 4. The van der Waals surface area contributed by atoms with Crippen LogP contribution in [0, 0.1) is 30.3 Å². The van der Waals surface area contributed by atoms with Gasteiger partial charge in [-0.1, -0.05) is 31.6 Å². The maximum atomic E-state index is 13.9. The van der Waals surface area contributed by atoms with Crippen LogP contribution < -0.4 is 5.73 Å². The molecule has 2 aromatic heterocycles. The van der Waals surface area contributed by atoms with Gasteiger partial charge in [0.15, 0.2) is 17.0 Å². The molecule has 0 spiro atoms. The number of ether oxygens (including phenoxy) is 3. The van der Waals surface area contributed by atoms with E-state index < -0.39 is 24.0 Å². The lowest BCUT2D eigenvalue weighted by Crippen LogP contribution is -2.46. The number of hydrogen-bond acceptors (Lipinski definition) is 9. The molecule has 2 N–H and O–H groups in total. The van der Waals surface area contributed by atoms with E-state index >= 15 is 0 Å². The van der Waals surface area contributed by atoms with Crippen LogP contribution in [0.1, 0.15) is 64.0 Å². The van der Waals surface area contributed by atoms with Crippen molar-refractivity contribution in [1.29, 1.82) is 0 Å². The molecular weight excluding hydrogens is 457 g/mol. The van der Waals surface area contributed by atoms with Gasteiger partial charge in [-0.2, -0.15) is 14.4 Å². The topological polar surface area (TPSA) is 131 Å². The number of hydrogen-bond donors (Lipinski definition) is 1. The molecule has 3 fully saturated rings. The average molecular weight is 486 g/mol. The summed E-state index contributed by atoms with van der Waals surface area (Å²) in [6, 6.07) is 0. The molecule has 0 amide bonds. The lowest BCUT2D eigenvalue weighted by molar-refractivity contribution is -0.171. The van der Waals surface area contributed by atoms with E-state index in [0.717, 1.165) is 51.4 Å². The number of imidazole rings is 1. The first-order chi connectivity index (χ1) is 16.9. The van der Waals surface area contributed by atoms with Gasteiger partial charge in [0, 0.05) is 6.42 Å². The molecule has 2 aromatic rings. The number of anilines is 1. The van der Waals surface area contributed by atoms with E-state index in [9.17, 15) is 14.0 Å². The van der Waals surface area contributed by atoms with Crippen LogP contribution in [0.15, 0.2) is 6.33 Å². The smallest absolute Gasteiger partial charge is 0.312 e. The minimum Gasteiger partial charge on any atom is -0.461 e. The van der Waals surface area contributed by atoms with Crippen LogP contribution in [0.4, 0.5) is 10.2 Å². The zero-order valence-corrected chi connectivity index (χ0v) is 19.3. The Labute approximate surface area is 201 Å². The van der Waals surface area contributed by atoms with Crippen LogP contribution in [0.2, 0.25) is 0 Å². The molecule has 0 radical (unpaired) electrons. The number of terminal acetylenes is 1. The number of nitrogens with two attached hydrogens (primary N) is 1. The Morgan fingerprint density at radius 1 is 1.17 bits per heavy atom. The summed E-state index contributed by atoms with van der Waals surface area (Å²) >= 11 is 0. The Morgan fingerprint density at radius 3 is 2.49 bits per heavy atom. The summed E-state index contributed by atoms with van der Waals surface area (Å²) < 4.78 is 33.1. The fraction of sp³-hybridized carbons (Fsp3) is 0.625. The maximum absolute atomic E-state index is 13.9. The molecule has 0 unspecified atom stereocenters. The number of halogens is 1. The summed E-state index contributed by atoms with van der Waals surface area (Å²) in [6.07, 6.45) is 11.7. The third-order valence-corrected chi connectivity index (χ3v) is 7.32. The molecule has 10 nitrogen and oxygen atoms in total. The van der Waals surface area contributed by atoms with E-state index in [1.807, 2.05) is 0 Å².